The Balaban J connectivity index is 4.77. The van der Waals surface area contributed by atoms with Crippen molar-refractivity contribution in [2.24, 2.45) is 4.58 Å². The number of nitrogens with zero attached hydrogens (tertiary/aromatic N) is 1. The number of amides is 2. The molecule has 0 aromatic rings. The summed E-state index contributed by atoms with van der Waals surface area (Å²) in [6.45, 7) is 7.49. The average Bonchev–Trinajstić information content (AvgIpc) is 2.31. The minimum atomic E-state index is -1.01. The number of carbonyl (C=O) groups is 3. The summed E-state index contributed by atoms with van der Waals surface area (Å²) in [7, 11) is 0. The van der Waals surface area contributed by atoms with Gasteiger partial charge in [0.25, 0.3) is 0 Å². The molecule has 0 bridgehead atoms. The van der Waals surface area contributed by atoms with Gasteiger partial charge in [-0.3, -0.25) is 14.4 Å². The van der Waals surface area contributed by atoms with Crippen molar-refractivity contribution in [1.29, 1.82) is 0 Å². The van der Waals surface area contributed by atoms with Crippen LogP contribution in [-0.4, -0.2) is 41.2 Å². The zero-order chi connectivity index (χ0) is 16.6. The number of carbonyl (C=O) groups excluding carboxylic acids is 3. The molecule has 120 valence electrons. The first kappa shape index (κ1) is 19.4. The van der Waals surface area contributed by atoms with Gasteiger partial charge in [-0.05, 0) is 27.7 Å². The highest BCUT2D eigenvalue weighted by Gasteiger charge is 2.37. The summed E-state index contributed by atoms with van der Waals surface area (Å²) < 4.78 is 6.62. The molecule has 0 aliphatic heterocycles. The van der Waals surface area contributed by atoms with E-state index in [1.54, 1.807) is 27.7 Å². The van der Waals surface area contributed by atoms with Gasteiger partial charge in [0.05, 0.1) is 10.9 Å². The summed E-state index contributed by atoms with van der Waals surface area (Å²) in [5, 5.41) is 4.82. The number of hydrogen-bond donors (Lipinski definition) is 2. The minimum Gasteiger partial charge on any atom is -0.462 e. The molecule has 0 aliphatic rings. The van der Waals surface area contributed by atoms with Gasteiger partial charge in [0.15, 0.2) is 0 Å². The third kappa shape index (κ3) is 7.64. The van der Waals surface area contributed by atoms with Crippen molar-refractivity contribution in [2.45, 2.75) is 51.5 Å². The molecule has 9 heteroatoms. The zero-order valence-corrected chi connectivity index (χ0v) is 13.6. The van der Waals surface area contributed by atoms with Gasteiger partial charge >= 0.3 is 5.97 Å². The summed E-state index contributed by atoms with van der Waals surface area (Å²) in [6, 6.07) is -1.01. The van der Waals surface area contributed by atoms with Crippen LogP contribution in [0.3, 0.4) is 0 Å². The van der Waals surface area contributed by atoms with Crippen LogP contribution in [0.4, 0.5) is 0 Å². The van der Waals surface area contributed by atoms with Crippen LogP contribution in [0, 0.1) is 4.91 Å². The number of nitroso groups, excluding NO2 is 1. The van der Waals surface area contributed by atoms with Crippen molar-refractivity contribution in [3.63, 3.8) is 0 Å². The molecule has 0 spiro atoms. The van der Waals surface area contributed by atoms with Crippen LogP contribution in [-0.2, 0) is 19.1 Å². The molecule has 2 N–H and O–H groups in total. The second-order valence-corrected chi connectivity index (χ2v) is 6.54. The lowest BCUT2D eigenvalue weighted by Gasteiger charge is -2.30. The van der Waals surface area contributed by atoms with Gasteiger partial charge in [-0.25, -0.2) is 0 Å². The molecule has 0 aromatic carbocycles. The van der Waals surface area contributed by atoms with Crippen molar-refractivity contribution in [3.8, 4) is 0 Å². The van der Waals surface area contributed by atoms with E-state index in [1.807, 2.05) is 0 Å². The standard InChI is InChI=1S/C12H21N3O5S/c1-7(2)20-9(17)6-13-11(18)10(14-8(3)16)12(4,5)21-15-19/h7,10H,6H2,1-5H3,(H,13,18)(H,14,16)/t10-/m1/s1. The summed E-state index contributed by atoms with van der Waals surface area (Å²) in [5.74, 6) is -1.61. The molecule has 8 nitrogen and oxygen atoms in total. The van der Waals surface area contributed by atoms with E-state index in [0.29, 0.717) is 11.9 Å². The predicted octanol–water partition coefficient (Wildman–Crippen LogP) is 0.752. The molecule has 0 aromatic heterocycles. The van der Waals surface area contributed by atoms with Gasteiger partial charge in [0, 0.05) is 23.5 Å². The number of rotatable bonds is 8. The van der Waals surface area contributed by atoms with Crippen molar-refractivity contribution in [3.05, 3.63) is 4.91 Å². The molecule has 0 fully saturated rings. The van der Waals surface area contributed by atoms with Crippen LogP contribution in [0.5, 0.6) is 0 Å². The van der Waals surface area contributed by atoms with E-state index in [1.165, 1.54) is 6.92 Å². The molecule has 0 radical (unpaired) electrons. The predicted molar refractivity (Wildman–Crippen MR) is 79.3 cm³/mol. The normalized spacial score (nSPS) is 12.5. The fourth-order valence-electron chi connectivity index (χ4n) is 1.47. The maximum atomic E-state index is 12.1. The summed E-state index contributed by atoms with van der Waals surface area (Å²) in [4.78, 5) is 45.1. The molecule has 0 saturated heterocycles. The second-order valence-electron chi connectivity index (χ2n) is 5.16. The van der Waals surface area contributed by atoms with E-state index in [9.17, 15) is 19.3 Å². The Hall–Kier alpha value is -1.64. The van der Waals surface area contributed by atoms with Gasteiger partial charge in [-0.15, -0.1) is 4.91 Å². The molecule has 0 rings (SSSR count). The van der Waals surface area contributed by atoms with Crippen molar-refractivity contribution >= 4 is 29.7 Å². The fraction of sp³-hybridized carbons (Fsp3) is 0.750. The third-order valence-electron chi connectivity index (χ3n) is 2.35. The van der Waals surface area contributed by atoms with Crippen LogP contribution in [0.1, 0.15) is 34.6 Å². The van der Waals surface area contributed by atoms with E-state index in [-0.39, 0.29) is 12.6 Å². The van der Waals surface area contributed by atoms with E-state index in [0.717, 1.165) is 0 Å². The molecule has 2 amide bonds. The Morgan fingerprint density at radius 3 is 2.29 bits per heavy atom. The molecule has 0 unspecified atom stereocenters. The number of ether oxygens (including phenoxy) is 1. The van der Waals surface area contributed by atoms with Crippen molar-refractivity contribution in [1.82, 2.24) is 10.6 Å². The van der Waals surface area contributed by atoms with E-state index in [2.05, 4.69) is 15.2 Å². The van der Waals surface area contributed by atoms with Crippen LogP contribution >= 0.6 is 11.9 Å². The summed E-state index contributed by atoms with van der Waals surface area (Å²) >= 11 is 0.635. The average molecular weight is 319 g/mol. The van der Waals surface area contributed by atoms with Crippen LogP contribution < -0.4 is 10.6 Å². The van der Waals surface area contributed by atoms with Crippen LogP contribution in [0.15, 0.2) is 4.58 Å². The van der Waals surface area contributed by atoms with Gasteiger partial charge < -0.3 is 15.4 Å². The van der Waals surface area contributed by atoms with Gasteiger partial charge in [-0.2, -0.15) is 0 Å². The van der Waals surface area contributed by atoms with Crippen LogP contribution in [0.2, 0.25) is 0 Å². The van der Waals surface area contributed by atoms with E-state index >= 15 is 0 Å². The molecule has 21 heavy (non-hydrogen) atoms. The Labute approximate surface area is 127 Å². The van der Waals surface area contributed by atoms with Crippen LogP contribution in [0.25, 0.3) is 0 Å². The van der Waals surface area contributed by atoms with Gasteiger partial charge in [-0.1, -0.05) is 0 Å². The SMILES string of the molecule is CC(=O)N[C@H](C(=O)NCC(=O)OC(C)C)C(C)(C)SN=O. The van der Waals surface area contributed by atoms with E-state index in [4.69, 9.17) is 4.74 Å². The second kappa shape index (κ2) is 8.60. The topological polar surface area (TPSA) is 114 Å². The minimum absolute atomic E-state index is 0.285. The largest absolute Gasteiger partial charge is 0.462 e. The number of esters is 1. The molecular weight excluding hydrogens is 298 g/mol. The number of hydrogen-bond acceptors (Lipinski definition) is 7. The summed E-state index contributed by atoms with van der Waals surface area (Å²) in [5.41, 5.74) is 0. The third-order valence-corrected chi connectivity index (χ3v) is 3.13. The fourth-order valence-corrected chi connectivity index (χ4v) is 1.94. The highest BCUT2D eigenvalue weighted by molar-refractivity contribution is 7.99. The lowest BCUT2D eigenvalue weighted by atomic mass is 10.0. The molecule has 1 atom stereocenters. The Morgan fingerprint density at radius 2 is 1.86 bits per heavy atom. The first-order valence-corrected chi connectivity index (χ1v) is 7.12. The monoisotopic (exact) mass is 319 g/mol. The molecule has 0 heterocycles. The zero-order valence-electron chi connectivity index (χ0n) is 12.8. The molecule has 0 aliphatic carbocycles. The highest BCUT2D eigenvalue weighted by atomic mass is 32.2. The maximum Gasteiger partial charge on any atom is 0.325 e. The van der Waals surface area contributed by atoms with E-state index < -0.39 is 28.6 Å². The van der Waals surface area contributed by atoms with Gasteiger partial charge in [0.1, 0.15) is 12.6 Å². The quantitative estimate of drug-likeness (QED) is 0.388. The Morgan fingerprint density at radius 1 is 1.29 bits per heavy atom. The molecule has 0 saturated carbocycles. The first-order chi connectivity index (χ1) is 9.60. The smallest absolute Gasteiger partial charge is 0.325 e. The van der Waals surface area contributed by atoms with Gasteiger partial charge in [0.2, 0.25) is 11.8 Å². The summed E-state index contributed by atoms with van der Waals surface area (Å²) in [6.07, 6.45) is -0.285. The Bertz CT molecular complexity index is 412. The first-order valence-electron chi connectivity index (χ1n) is 6.35. The number of nitrogens with one attached hydrogen (secondary N) is 2. The van der Waals surface area contributed by atoms with Crippen molar-refractivity contribution < 1.29 is 19.1 Å². The van der Waals surface area contributed by atoms with Crippen molar-refractivity contribution in [2.75, 3.05) is 6.54 Å². The Kier molecular flexibility index (Phi) is 7.93. The maximum absolute atomic E-state index is 12.1. The molecular formula is C12H21N3O5S. The lowest BCUT2D eigenvalue weighted by Crippen LogP contribution is -2.56. The highest BCUT2D eigenvalue weighted by Crippen LogP contribution is 2.29. The lowest BCUT2D eigenvalue weighted by molar-refractivity contribution is -0.147.